The lowest BCUT2D eigenvalue weighted by Gasteiger charge is -2.05. The summed E-state index contributed by atoms with van der Waals surface area (Å²) in [6.07, 6.45) is 2.99. The molecule has 0 bridgehead atoms. The molecule has 0 aromatic carbocycles. The first-order valence-corrected chi connectivity index (χ1v) is 10.3. The smallest absolute Gasteiger partial charge is 0.313 e. The van der Waals surface area contributed by atoms with Crippen LogP contribution >= 0.6 is 23.1 Å². The first kappa shape index (κ1) is 19.4. The van der Waals surface area contributed by atoms with Crippen molar-refractivity contribution in [2.24, 2.45) is 7.05 Å². The van der Waals surface area contributed by atoms with E-state index in [1.165, 1.54) is 28.0 Å². The number of esters is 1. The van der Waals surface area contributed by atoms with E-state index in [9.17, 15) is 14.9 Å². The van der Waals surface area contributed by atoms with E-state index >= 15 is 0 Å². The first-order chi connectivity index (χ1) is 13.0. The molecule has 10 heteroatoms. The van der Waals surface area contributed by atoms with E-state index in [1.54, 1.807) is 18.5 Å². The Morgan fingerprint density at radius 3 is 2.96 bits per heavy atom. The lowest BCUT2D eigenvalue weighted by atomic mass is 10.1. The topological polar surface area (TPSA) is 110 Å². The zero-order chi connectivity index (χ0) is 19.4. The van der Waals surface area contributed by atoms with Crippen LogP contribution < -0.4 is 5.32 Å². The van der Waals surface area contributed by atoms with Crippen molar-refractivity contribution in [1.29, 1.82) is 5.26 Å². The van der Waals surface area contributed by atoms with Crippen molar-refractivity contribution in [2.75, 3.05) is 17.7 Å². The summed E-state index contributed by atoms with van der Waals surface area (Å²) in [7, 11) is 1.74. The van der Waals surface area contributed by atoms with Gasteiger partial charge in [-0.25, -0.2) is 0 Å². The maximum atomic E-state index is 12.3. The number of aryl methyl sites for hydroxylation is 1. The Bertz CT molecular complexity index is 913. The highest BCUT2D eigenvalue weighted by molar-refractivity contribution is 7.99. The second-order valence-corrected chi connectivity index (χ2v) is 8.00. The molecule has 8 nitrogen and oxygen atoms in total. The summed E-state index contributed by atoms with van der Waals surface area (Å²) in [5.41, 5.74) is 1.68. The molecule has 0 radical (unpaired) electrons. The Balaban J connectivity index is 1.58. The molecule has 0 unspecified atom stereocenters. The molecule has 0 spiro atoms. The molecule has 2 heterocycles. The fourth-order valence-corrected chi connectivity index (χ4v) is 4.86. The normalized spacial score (nSPS) is 12.5. The number of carbonyl (C=O) groups excluding carboxylic acids is 2. The summed E-state index contributed by atoms with van der Waals surface area (Å²) in [6, 6.07) is 2.21. The number of hydrogen-bond donors (Lipinski definition) is 1. The number of hydrogen-bond acceptors (Lipinski definition) is 8. The molecule has 0 atom stereocenters. The molecule has 0 aliphatic heterocycles. The summed E-state index contributed by atoms with van der Waals surface area (Å²) in [6.45, 7) is 2.06. The van der Waals surface area contributed by atoms with Crippen LogP contribution in [0.15, 0.2) is 5.16 Å². The molecule has 1 N–H and O–H groups in total. The molecule has 1 amide bonds. The average molecular weight is 406 g/mol. The molecule has 1 aliphatic rings. The highest BCUT2D eigenvalue weighted by Crippen LogP contribution is 2.38. The molecule has 2 aromatic heterocycles. The Labute approximate surface area is 164 Å². The molecule has 3 rings (SSSR count). The van der Waals surface area contributed by atoms with Crippen LogP contribution in [0.3, 0.4) is 0 Å². The third kappa shape index (κ3) is 4.31. The molecule has 0 saturated heterocycles. The number of nitrogens with zero attached hydrogens (tertiary/aromatic N) is 4. The summed E-state index contributed by atoms with van der Waals surface area (Å²) < 4.78 is 6.58. The van der Waals surface area contributed by atoms with Gasteiger partial charge in [0.2, 0.25) is 5.91 Å². The second-order valence-electron chi connectivity index (χ2n) is 5.95. The zero-order valence-electron chi connectivity index (χ0n) is 15.1. The third-order valence-corrected chi connectivity index (χ3v) is 6.38. The predicted octanol–water partition coefficient (Wildman–Crippen LogP) is 2.07. The van der Waals surface area contributed by atoms with Crippen molar-refractivity contribution in [3.63, 3.8) is 0 Å². The fourth-order valence-electron chi connectivity index (χ4n) is 2.87. The number of nitrogens with one attached hydrogen (secondary N) is 1. The Kier molecular flexibility index (Phi) is 6.13. The number of anilines is 1. The van der Waals surface area contributed by atoms with Crippen LogP contribution in [0, 0.1) is 11.3 Å². The van der Waals surface area contributed by atoms with Crippen LogP contribution in [0.2, 0.25) is 0 Å². The van der Waals surface area contributed by atoms with Gasteiger partial charge in [-0.3, -0.25) is 9.59 Å². The van der Waals surface area contributed by atoms with Crippen molar-refractivity contribution in [2.45, 2.75) is 37.8 Å². The van der Waals surface area contributed by atoms with Gasteiger partial charge in [0.05, 0.1) is 17.9 Å². The van der Waals surface area contributed by atoms with Gasteiger partial charge in [-0.05, 0) is 31.7 Å². The number of thiophene rings is 1. The van der Waals surface area contributed by atoms with Crippen molar-refractivity contribution in [3.05, 3.63) is 21.8 Å². The highest BCUT2D eigenvalue weighted by Gasteiger charge is 2.23. The lowest BCUT2D eigenvalue weighted by Crippen LogP contribution is -2.15. The SMILES string of the molecule is CCOC(=O)Cc1nnc(SCC(=O)Nc2sc3c(c2C#N)CCC3)n1C. The predicted molar refractivity (Wildman–Crippen MR) is 102 cm³/mol. The van der Waals surface area contributed by atoms with E-state index in [-0.39, 0.29) is 24.1 Å². The van der Waals surface area contributed by atoms with E-state index in [4.69, 9.17) is 4.74 Å². The van der Waals surface area contributed by atoms with E-state index in [0.717, 1.165) is 24.8 Å². The summed E-state index contributed by atoms with van der Waals surface area (Å²) in [4.78, 5) is 25.1. The van der Waals surface area contributed by atoms with Crippen molar-refractivity contribution in [1.82, 2.24) is 14.8 Å². The zero-order valence-corrected chi connectivity index (χ0v) is 16.7. The number of fused-ring (bicyclic) bond motifs is 1. The Morgan fingerprint density at radius 2 is 2.22 bits per heavy atom. The monoisotopic (exact) mass is 405 g/mol. The maximum absolute atomic E-state index is 12.3. The van der Waals surface area contributed by atoms with Crippen molar-refractivity contribution >= 4 is 40.0 Å². The van der Waals surface area contributed by atoms with E-state index < -0.39 is 0 Å². The van der Waals surface area contributed by atoms with E-state index in [1.807, 2.05) is 0 Å². The van der Waals surface area contributed by atoms with Gasteiger partial charge in [0, 0.05) is 11.9 Å². The van der Waals surface area contributed by atoms with Gasteiger partial charge in [0.1, 0.15) is 23.3 Å². The maximum Gasteiger partial charge on any atom is 0.313 e. The quantitative estimate of drug-likeness (QED) is 0.555. The third-order valence-electron chi connectivity index (χ3n) is 4.15. The Morgan fingerprint density at radius 1 is 1.41 bits per heavy atom. The van der Waals surface area contributed by atoms with Gasteiger partial charge >= 0.3 is 5.97 Å². The van der Waals surface area contributed by atoms with Crippen molar-refractivity contribution in [3.8, 4) is 6.07 Å². The minimum absolute atomic E-state index is 0.0381. The van der Waals surface area contributed by atoms with Crippen LogP contribution in [0.1, 0.15) is 35.2 Å². The van der Waals surface area contributed by atoms with Crippen LogP contribution in [0.5, 0.6) is 0 Å². The molecule has 2 aromatic rings. The van der Waals surface area contributed by atoms with Gasteiger partial charge in [0.15, 0.2) is 5.16 Å². The molecule has 1 aliphatic carbocycles. The molecule has 27 heavy (non-hydrogen) atoms. The summed E-state index contributed by atoms with van der Waals surface area (Å²) in [5, 5.41) is 21.4. The van der Waals surface area contributed by atoms with Crippen LogP contribution in [0.4, 0.5) is 5.00 Å². The number of aromatic nitrogens is 3. The van der Waals surface area contributed by atoms with Gasteiger partial charge in [-0.2, -0.15) is 5.26 Å². The second kappa shape index (κ2) is 8.54. The minimum Gasteiger partial charge on any atom is -0.466 e. The van der Waals surface area contributed by atoms with Crippen molar-refractivity contribution < 1.29 is 14.3 Å². The number of thioether (sulfide) groups is 1. The number of carbonyl (C=O) groups is 2. The number of rotatable bonds is 7. The average Bonchev–Trinajstić information content (AvgIpc) is 3.29. The summed E-state index contributed by atoms with van der Waals surface area (Å²) >= 11 is 2.72. The van der Waals surface area contributed by atoms with Gasteiger partial charge < -0.3 is 14.6 Å². The van der Waals surface area contributed by atoms with Crippen LogP contribution in [0.25, 0.3) is 0 Å². The molecule has 0 fully saturated rings. The molecular weight excluding hydrogens is 386 g/mol. The van der Waals surface area contributed by atoms with Gasteiger partial charge in [-0.15, -0.1) is 21.5 Å². The van der Waals surface area contributed by atoms with E-state index in [2.05, 4.69) is 21.6 Å². The summed E-state index contributed by atoms with van der Waals surface area (Å²) in [5.74, 6) is 0.0555. The lowest BCUT2D eigenvalue weighted by molar-refractivity contribution is -0.142. The van der Waals surface area contributed by atoms with Gasteiger partial charge in [-0.1, -0.05) is 11.8 Å². The molecular formula is C17H19N5O3S2. The highest BCUT2D eigenvalue weighted by atomic mass is 32.2. The van der Waals surface area contributed by atoms with Crippen LogP contribution in [-0.2, 0) is 40.6 Å². The Hall–Kier alpha value is -2.38. The first-order valence-electron chi connectivity index (χ1n) is 8.54. The number of nitriles is 1. The van der Waals surface area contributed by atoms with E-state index in [0.29, 0.717) is 28.2 Å². The fraction of sp³-hybridized carbons (Fsp3) is 0.471. The number of amides is 1. The van der Waals surface area contributed by atoms with Crippen LogP contribution in [-0.4, -0.2) is 39.0 Å². The minimum atomic E-state index is -0.364. The number of ether oxygens (including phenoxy) is 1. The van der Waals surface area contributed by atoms with Gasteiger partial charge in [0.25, 0.3) is 0 Å². The largest absolute Gasteiger partial charge is 0.466 e. The molecule has 0 saturated carbocycles. The standard InChI is InChI=1S/C17H19N5O3S2/c1-3-25-15(24)7-13-20-21-17(22(13)2)26-9-14(23)19-16-11(8-18)10-5-4-6-12(10)27-16/h3-7,9H2,1-2H3,(H,19,23). The molecule has 142 valence electrons.